The maximum absolute atomic E-state index is 12.4. The van der Waals surface area contributed by atoms with E-state index in [4.69, 9.17) is 4.42 Å². The minimum atomic E-state index is 0.279. The van der Waals surface area contributed by atoms with E-state index < -0.39 is 0 Å². The van der Waals surface area contributed by atoms with Crippen LogP contribution in [-0.2, 0) is 11.3 Å². The predicted molar refractivity (Wildman–Crippen MR) is 76.0 cm³/mol. The van der Waals surface area contributed by atoms with Crippen molar-refractivity contribution in [3.63, 3.8) is 0 Å². The molecule has 3 aliphatic rings. The monoisotopic (exact) mass is 273 g/mol. The fraction of sp³-hybridized carbons (Fsp3) is 0.706. The lowest BCUT2D eigenvalue weighted by Crippen LogP contribution is -2.31. The number of fused-ring (bicyclic) bond motifs is 1. The summed E-state index contributed by atoms with van der Waals surface area (Å²) in [6.07, 6.45) is 4.86. The van der Waals surface area contributed by atoms with Gasteiger partial charge in [-0.1, -0.05) is 6.92 Å². The van der Waals surface area contributed by atoms with E-state index >= 15 is 0 Å². The molecule has 1 amide bonds. The third-order valence-electron chi connectivity index (χ3n) is 5.52. The first kappa shape index (κ1) is 12.5. The van der Waals surface area contributed by atoms with E-state index in [0.29, 0.717) is 18.4 Å². The summed E-state index contributed by atoms with van der Waals surface area (Å²) in [5, 5.41) is 0. The van der Waals surface area contributed by atoms with Crippen LogP contribution in [0.15, 0.2) is 16.5 Å². The van der Waals surface area contributed by atoms with Gasteiger partial charge in [0.1, 0.15) is 11.5 Å². The van der Waals surface area contributed by atoms with Gasteiger partial charge in [0.25, 0.3) is 0 Å². The van der Waals surface area contributed by atoms with Crippen molar-refractivity contribution in [2.24, 2.45) is 23.7 Å². The molecule has 1 heterocycles. The number of rotatable bonds is 4. The van der Waals surface area contributed by atoms with Crippen molar-refractivity contribution in [2.45, 2.75) is 45.1 Å². The van der Waals surface area contributed by atoms with Gasteiger partial charge in [0.05, 0.1) is 6.54 Å². The van der Waals surface area contributed by atoms with E-state index in [9.17, 15) is 4.79 Å². The second-order valence-corrected chi connectivity index (χ2v) is 7.24. The van der Waals surface area contributed by atoms with Crippen LogP contribution < -0.4 is 0 Å². The van der Waals surface area contributed by atoms with Crippen molar-refractivity contribution in [1.29, 1.82) is 0 Å². The predicted octanol–water partition coefficient (Wildman–Crippen LogP) is 3.41. The van der Waals surface area contributed by atoms with E-state index in [-0.39, 0.29) is 5.92 Å². The molecule has 1 aromatic rings. The standard InChI is InChI=1S/C17H23NO2/c1-10-5-15(10)16-4-3-14(20-16)9-18(2)17(19)13-7-11-6-12(11)8-13/h3-4,10-13,15H,5-9H2,1-2H3. The molecule has 3 aliphatic carbocycles. The van der Waals surface area contributed by atoms with E-state index in [1.54, 1.807) is 0 Å². The molecular weight excluding hydrogens is 250 g/mol. The molecule has 3 nitrogen and oxygen atoms in total. The topological polar surface area (TPSA) is 33.5 Å². The minimum absolute atomic E-state index is 0.279. The molecule has 0 bridgehead atoms. The van der Waals surface area contributed by atoms with E-state index in [2.05, 4.69) is 13.0 Å². The number of nitrogens with zero attached hydrogens (tertiary/aromatic N) is 1. The van der Waals surface area contributed by atoms with Crippen LogP contribution in [0.4, 0.5) is 0 Å². The Hall–Kier alpha value is -1.25. The van der Waals surface area contributed by atoms with Crippen LogP contribution in [0, 0.1) is 23.7 Å². The van der Waals surface area contributed by atoms with Crippen LogP contribution in [0.25, 0.3) is 0 Å². The average Bonchev–Trinajstić information content (AvgIpc) is 3.23. The van der Waals surface area contributed by atoms with Crippen molar-refractivity contribution in [3.05, 3.63) is 23.7 Å². The molecule has 0 saturated heterocycles. The molecule has 0 spiro atoms. The molecule has 1 aromatic heterocycles. The fourth-order valence-electron chi connectivity index (χ4n) is 3.94. The Labute approximate surface area is 120 Å². The first-order chi connectivity index (χ1) is 9.61. The largest absolute Gasteiger partial charge is 0.464 e. The molecule has 108 valence electrons. The summed E-state index contributed by atoms with van der Waals surface area (Å²) in [6, 6.07) is 4.13. The Morgan fingerprint density at radius 2 is 1.95 bits per heavy atom. The van der Waals surface area contributed by atoms with Crippen LogP contribution in [-0.4, -0.2) is 17.9 Å². The quantitative estimate of drug-likeness (QED) is 0.842. The van der Waals surface area contributed by atoms with Crippen molar-refractivity contribution >= 4 is 5.91 Å². The van der Waals surface area contributed by atoms with Gasteiger partial charge in [-0.05, 0) is 55.6 Å². The molecule has 4 unspecified atom stereocenters. The van der Waals surface area contributed by atoms with Gasteiger partial charge in [-0.25, -0.2) is 0 Å². The van der Waals surface area contributed by atoms with E-state index in [1.165, 1.54) is 12.8 Å². The Morgan fingerprint density at radius 3 is 2.60 bits per heavy atom. The van der Waals surface area contributed by atoms with Crippen molar-refractivity contribution < 1.29 is 9.21 Å². The number of hydrogen-bond donors (Lipinski definition) is 0. The summed E-state index contributed by atoms with van der Waals surface area (Å²) in [4.78, 5) is 14.3. The van der Waals surface area contributed by atoms with Crippen LogP contribution >= 0.6 is 0 Å². The summed E-state index contributed by atoms with van der Waals surface area (Å²) in [7, 11) is 1.91. The van der Waals surface area contributed by atoms with Crippen molar-refractivity contribution in [2.75, 3.05) is 7.05 Å². The SMILES string of the molecule is CC1CC1c1ccc(CN(C)C(=O)C2CC3CC3C2)o1. The van der Waals surface area contributed by atoms with Crippen LogP contribution in [0.5, 0.6) is 0 Å². The molecule has 0 aliphatic heterocycles. The number of amides is 1. The second kappa shape index (κ2) is 4.37. The summed E-state index contributed by atoms with van der Waals surface area (Å²) in [6.45, 7) is 2.87. The molecular formula is C17H23NO2. The van der Waals surface area contributed by atoms with Gasteiger partial charge >= 0.3 is 0 Å². The number of carbonyl (C=O) groups is 1. The lowest BCUT2D eigenvalue weighted by molar-refractivity contribution is -0.135. The van der Waals surface area contributed by atoms with E-state index in [0.717, 1.165) is 42.1 Å². The molecule has 4 rings (SSSR count). The summed E-state index contributed by atoms with van der Waals surface area (Å²) in [5.74, 6) is 5.74. The van der Waals surface area contributed by atoms with Gasteiger partial charge in [-0.15, -0.1) is 0 Å². The highest BCUT2D eigenvalue weighted by molar-refractivity contribution is 5.79. The molecule has 3 saturated carbocycles. The summed E-state index contributed by atoms with van der Waals surface area (Å²) < 4.78 is 5.90. The highest BCUT2D eigenvalue weighted by atomic mass is 16.3. The van der Waals surface area contributed by atoms with Gasteiger partial charge in [-0.3, -0.25) is 4.79 Å². The van der Waals surface area contributed by atoms with Gasteiger partial charge in [-0.2, -0.15) is 0 Å². The van der Waals surface area contributed by atoms with Gasteiger partial charge < -0.3 is 9.32 Å². The van der Waals surface area contributed by atoms with Crippen LogP contribution in [0.1, 0.15) is 50.0 Å². The Morgan fingerprint density at radius 1 is 1.25 bits per heavy atom. The zero-order valence-electron chi connectivity index (χ0n) is 12.3. The number of carbonyl (C=O) groups excluding carboxylic acids is 1. The van der Waals surface area contributed by atoms with Crippen molar-refractivity contribution in [3.8, 4) is 0 Å². The van der Waals surface area contributed by atoms with Crippen LogP contribution in [0.3, 0.4) is 0 Å². The molecule has 4 atom stereocenters. The van der Waals surface area contributed by atoms with E-state index in [1.807, 2.05) is 18.0 Å². The molecule has 20 heavy (non-hydrogen) atoms. The molecule has 0 radical (unpaired) electrons. The lowest BCUT2D eigenvalue weighted by atomic mass is 10.0. The molecule has 0 N–H and O–H groups in total. The lowest BCUT2D eigenvalue weighted by Gasteiger charge is -2.20. The van der Waals surface area contributed by atoms with Gasteiger partial charge in [0, 0.05) is 18.9 Å². The van der Waals surface area contributed by atoms with Crippen molar-refractivity contribution in [1.82, 2.24) is 4.90 Å². The number of hydrogen-bond acceptors (Lipinski definition) is 2. The third-order valence-corrected chi connectivity index (χ3v) is 5.52. The van der Waals surface area contributed by atoms with Crippen LogP contribution in [0.2, 0.25) is 0 Å². The number of furan rings is 1. The summed E-state index contributed by atoms with van der Waals surface area (Å²) in [5.41, 5.74) is 0. The molecule has 3 fully saturated rings. The first-order valence-electron chi connectivity index (χ1n) is 7.95. The maximum atomic E-state index is 12.4. The zero-order chi connectivity index (χ0) is 13.9. The third kappa shape index (κ3) is 2.17. The average molecular weight is 273 g/mol. The van der Waals surface area contributed by atoms with Gasteiger partial charge in [0.15, 0.2) is 0 Å². The minimum Gasteiger partial charge on any atom is -0.464 e. The maximum Gasteiger partial charge on any atom is 0.225 e. The highest BCUT2D eigenvalue weighted by Gasteiger charge is 2.48. The Balaban J connectivity index is 1.35. The zero-order valence-corrected chi connectivity index (χ0v) is 12.3. The smallest absolute Gasteiger partial charge is 0.225 e. The highest BCUT2D eigenvalue weighted by Crippen LogP contribution is 2.54. The Bertz CT molecular complexity index is 525. The normalized spacial score (nSPS) is 37.6. The molecule has 0 aromatic carbocycles. The summed E-state index contributed by atoms with van der Waals surface area (Å²) >= 11 is 0. The van der Waals surface area contributed by atoms with Gasteiger partial charge in [0.2, 0.25) is 5.91 Å². The Kier molecular flexibility index (Phi) is 2.73. The fourth-order valence-corrected chi connectivity index (χ4v) is 3.94. The first-order valence-corrected chi connectivity index (χ1v) is 7.95. The second-order valence-electron chi connectivity index (χ2n) is 7.24. The molecule has 3 heteroatoms.